The number of alkyl halides is 3. The molecular formula is C10H16F3N3O2. The minimum atomic E-state index is -4.41. The van der Waals surface area contributed by atoms with Gasteiger partial charge in [0.2, 0.25) is 11.8 Å². The van der Waals surface area contributed by atoms with Gasteiger partial charge in [-0.15, -0.1) is 0 Å². The Balaban J connectivity index is 2.42. The second-order valence-electron chi connectivity index (χ2n) is 4.18. The Hall–Kier alpha value is -1.31. The lowest BCUT2D eigenvalue weighted by Gasteiger charge is -2.18. The van der Waals surface area contributed by atoms with Crippen LogP contribution in [0.25, 0.3) is 0 Å². The van der Waals surface area contributed by atoms with E-state index < -0.39 is 24.7 Å². The molecule has 0 radical (unpaired) electrons. The molecule has 0 aromatic heterocycles. The van der Waals surface area contributed by atoms with Crippen LogP contribution in [-0.2, 0) is 9.59 Å². The molecule has 1 rings (SSSR count). The van der Waals surface area contributed by atoms with Crippen LogP contribution in [0.4, 0.5) is 13.2 Å². The first-order valence-electron chi connectivity index (χ1n) is 5.68. The Morgan fingerprint density at radius 3 is 2.72 bits per heavy atom. The molecule has 8 heteroatoms. The number of halogens is 3. The number of nitrogens with two attached hydrogens (primary N) is 1. The molecule has 3 N–H and O–H groups in total. The number of rotatable bonds is 5. The van der Waals surface area contributed by atoms with Gasteiger partial charge >= 0.3 is 6.18 Å². The van der Waals surface area contributed by atoms with Gasteiger partial charge in [0.1, 0.15) is 12.6 Å². The molecule has 1 unspecified atom stereocenters. The van der Waals surface area contributed by atoms with Crippen molar-refractivity contribution in [2.24, 2.45) is 5.73 Å². The number of hydrogen-bond acceptors (Lipinski definition) is 3. The van der Waals surface area contributed by atoms with Crippen molar-refractivity contribution in [2.45, 2.75) is 31.5 Å². The standard InChI is InChI=1S/C10H16F3N3O2/c11-10(12,13)6-16-5-3-7(9(16)18)15-8(17)2-1-4-14/h7H,1-6,14H2,(H,15,17). The lowest BCUT2D eigenvalue weighted by Crippen LogP contribution is -2.43. The fourth-order valence-corrected chi connectivity index (χ4v) is 1.78. The largest absolute Gasteiger partial charge is 0.406 e. The number of carbonyl (C=O) groups is 2. The third kappa shape index (κ3) is 4.52. The van der Waals surface area contributed by atoms with Crippen LogP contribution in [0.2, 0.25) is 0 Å². The molecule has 0 aromatic carbocycles. The van der Waals surface area contributed by atoms with Crippen LogP contribution < -0.4 is 11.1 Å². The average Bonchev–Trinajstić information content (AvgIpc) is 2.57. The second kappa shape index (κ2) is 6.03. The van der Waals surface area contributed by atoms with Crippen LogP contribution in [0.5, 0.6) is 0 Å². The minimum Gasteiger partial charge on any atom is -0.344 e. The van der Waals surface area contributed by atoms with Gasteiger partial charge in [0.15, 0.2) is 0 Å². The number of nitrogens with one attached hydrogen (secondary N) is 1. The fraction of sp³-hybridized carbons (Fsp3) is 0.800. The molecule has 0 aromatic rings. The van der Waals surface area contributed by atoms with E-state index in [0.29, 0.717) is 17.9 Å². The van der Waals surface area contributed by atoms with Gasteiger partial charge in [0, 0.05) is 13.0 Å². The predicted octanol–water partition coefficient (Wildman–Crippen LogP) is 0.00470. The van der Waals surface area contributed by atoms with E-state index in [2.05, 4.69) is 5.32 Å². The van der Waals surface area contributed by atoms with E-state index in [1.165, 1.54) is 0 Å². The summed E-state index contributed by atoms with van der Waals surface area (Å²) in [5.74, 6) is -1.03. The molecule has 1 fully saturated rings. The Labute approximate surface area is 102 Å². The van der Waals surface area contributed by atoms with Crippen LogP contribution in [0.15, 0.2) is 0 Å². The summed E-state index contributed by atoms with van der Waals surface area (Å²) in [4.78, 5) is 23.6. The maximum atomic E-state index is 12.1. The molecule has 18 heavy (non-hydrogen) atoms. The number of nitrogens with zero attached hydrogens (tertiary/aromatic N) is 1. The summed E-state index contributed by atoms with van der Waals surface area (Å²) in [6, 6.07) is -0.836. The van der Waals surface area contributed by atoms with Crippen LogP contribution in [0.1, 0.15) is 19.3 Å². The zero-order valence-electron chi connectivity index (χ0n) is 9.79. The summed E-state index contributed by atoms with van der Waals surface area (Å²) in [6.45, 7) is -0.895. The van der Waals surface area contributed by atoms with Gasteiger partial charge < -0.3 is 16.0 Å². The topological polar surface area (TPSA) is 75.4 Å². The number of amides is 2. The molecule has 1 saturated heterocycles. The summed E-state index contributed by atoms with van der Waals surface area (Å²) in [6.07, 6.45) is -3.53. The van der Waals surface area contributed by atoms with E-state index in [9.17, 15) is 22.8 Å². The lowest BCUT2D eigenvalue weighted by molar-refractivity contribution is -0.158. The Kier molecular flexibility index (Phi) is 4.94. The number of likely N-dealkylation sites (tertiary alicyclic amines) is 1. The van der Waals surface area contributed by atoms with E-state index in [0.717, 1.165) is 0 Å². The van der Waals surface area contributed by atoms with Crippen molar-refractivity contribution in [1.29, 1.82) is 0 Å². The van der Waals surface area contributed by atoms with E-state index >= 15 is 0 Å². The summed E-state index contributed by atoms with van der Waals surface area (Å²) in [5, 5.41) is 2.43. The maximum absolute atomic E-state index is 12.1. The fourth-order valence-electron chi connectivity index (χ4n) is 1.78. The monoisotopic (exact) mass is 267 g/mol. The first-order valence-corrected chi connectivity index (χ1v) is 5.68. The molecule has 104 valence electrons. The highest BCUT2D eigenvalue weighted by Gasteiger charge is 2.39. The Bertz CT molecular complexity index is 320. The second-order valence-corrected chi connectivity index (χ2v) is 4.18. The van der Waals surface area contributed by atoms with Crippen molar-refractivity contribution in [3.8, 4) is 0 Å². The van der Waals surface area contributed by atoms with E-state index in [-0.39, 0.29) is 25.3 Å². The van der Waals surface area contributed by atoms with Crippen LogP contribution in [0.3, 0.4) is 0 Å². The molecule has 0 saturated carbocycles. The minimum absolute atomic E-state index is 0.0141. The molecule has 1 aliphatic rings. The summed E-state index contributed by atoms with van der Waals surface area (Å²) in [5.41, 5.74) is 5.22. The molecule has 1 aliphatic heterocycles. The van der Waals surface area contributed by atoms with Crippen LogP contribution in [0, 0.1) is 0 Å². The van der Waals surface area contributed by atoms with Gasteiger partial charge in [-0.1, -0.05) is 0 Å². The van der Waals surface area contributed by atoms with Gasteiger partial charge in [-0.3, -0.25) is 9.59 Å². The average molecular weight is 267 g/mol. The Morgan fingerprint density at radius 2 is 2.17 bits per heavy atom. The van der Waals surface area contributed by atoms with Crippen LogP contribution in [-0.4, -0.2) is 48.6 Å². The van der Waals surface area contributed by atoms with E-state index in [1.54, 1.807) is 0 Å². The van der Waals surface area contributed by atoms with E-state index in [4.69, 9.17) is 5.73 Å². The van der Waals surface area contributed by atoms with Gasteiger partial charge in [-0.2, -0.15) is 13.2 Å². The van der Waals surface area contributed by atoms with Gasteiger partial charge in [-0.25, -0.2) is 0 Å². The highest BCUT2D eigenvalue weighted by molar-refractivity contribution is 5.89. The highest BCUT2D eigenvalue weighted by Crippen LogP contribution is 2.20. The molecule has 5 nitrogen and oxygen atoms in total. The van der Waals surface area contributed by atoms with Gasteiger partial charge in [-0.05, 0) is 19.4 Å². The molecular weight excluding hydrogens is 251 g/mol. The number of hydrogen-bond donors (Lipinski definition) is 2. The van der Waals surface area contributed by atoms with Crippen molar-refractivity contribution in [3.05, 3.63) is 0 Å². The normalized spacial score (nSPS) is 20.3. The first-order chi connectivity index (χ1) is 8.33. The quantitative estimate of drug-likeness (QED) is 0.736. The van der Waals surface area contributed by atoms with Gasteiger partial charge in [0.25, 0.3) is 0 Å². The SMILES string of the molecule is NCCCC(=O)NC1CCN(CC(F)(F)F)C1=O. The Morgan fingerprint density at radius 1 is 1.50 bits per heavy atom. The third-order valence-corrected chi connectivity index (χ3v) is 2.61. The zero-order chi connectivity index (χ0) is 13.8. The molecule has 1 atom stereocenters. The van der Waals surface area contributed by atoms with Crippen molar-refractivity contribution in [1.82, 2.24) is 10.2 Å². The first kappa shape index (κ1) is 14.7. The molecule has 0 aliphatic carbocycles. The zero-order valence-corrected chi connectivity index (χ0v) is 9.79. The van der Waals surface area contributed by atoms with Crippen molar-refractivity contribution in [2.75, 3.05) is 19.6 Å². The number of carbonyl (C=O) groups excluding carboxylic acids is 2. The maximum Gasteiger partial charge on any atom is 0.406 e. The summed E-state index contributed by atoms with van der Waals surface area (Å²) < 4.78 is 36.4. The molecule has 0 bridgehead atoms. The predicted molar refractivity (Wildman–Crippen MR) is 57.5 cm³/mol. The smallest absolute Gasteiger partial charge is 0.344 e. The van der Waals surface area contributed by atoms with Crippen molar-refractivity contribution < 1.29 is 22.8 Å². The van der Waals surface area contributed by atoms with Gasteiger partial charge in [0.05, 0.1) is 0 Å². The van der Waals surface area contributed by atoms with Crippen LogP contribution >= 0.6 is 0 Å². The van der Waals surface area contributed by atoms with Crippen molar-refractivity contribution >= 4 is 11.8 Å². The highest BCUT2D eigenvalue weighted by atomic mass is 19.4. The molecule has 2 amide bonds. The third-order valence-electron chi connectivity index (χ3n) is 2.61. The molecule has 0 spiro atoms. The summed E-state index contributed by atoms with van der Waals surface area (Å²) in [7, 11) is 0. The molecule has 1 heterocycles. The lowest BCUT2D eigenvalue weighted by atomic mass is 10.2. The summed E-state index contributed by atoms with van der Waals surface area (Å²) >= 11 is 0. The van der Waals surface area contributed by atoms with Crippen molar-refractivity contribution in [3.63, 3.8) is 0 Å². The van der Waals surface area contributed by atoms with E-state index in [1.807, 2.05) is 0 Å².